The molecule has 2 heterocycles. The Bertz CT molecular complexity index is 390. The van der Waals surface area contributed by atoms with Gasteiger partial charge in [-0.2, -0.15) is 0 Å². The largest absolute Gasteiger partial charge is 0.323 e. The molecule has 1 saturated carbocycles. The summed E-state index contributed by atoms with van der Waals surface area (Å²) in [5.41, 5.74) is 1.47. The molecular formula is C17H30N3+3. The van der Waals surface area contributed by atoms with E-state index in [-0.39, 0.29) is 0 Å². The van der Waals surface area contributed by atoms with Gasteiger partial charge in [0.25, 0.3) is 0 Å². The lowest BCUT2D eigenvalue weighted by molar-refractivity contribution is -1.03. The van der Waals surface area contributed by atoms with Gasteiger partial charge in [-0.05, 0) is 31.6 Å². The average molecular weight is 276 g/mol. The maximum atomic E-state index is 3.11. The van der Waals surface area contributed by atoms with Crippen LogP contribution in [-0.2, 0) is 6.54 Å². The highest BCUT2D eigenvalue weighted by Crippen LogP contribution is 2.21. The molecule has 3 nitrogen and oxygen atoms in total. The summed E-state index contributed by atoms with van der Waals surface area (Å²) in [6.45, 7) is 9.08. The van der Waals surface area contributed by atoms with Crippen molar-refractivity contribution < 1.29 is 14.8 Å². The number of H-pyrrole nitrogens is 1. The van der Waals surface area contributed by atoms with E-state index in [2.05, 4.69) is 24.0 Å². The van der Waals surface area contributed by atoms with Crippen molar-refractivity contribution in [1.29, 1.82) is 0 Å². The van der Waals surface area contributed by atoms with Crippen LogP contribution in [0.1, 0.15) is 38.2 Å². The van der Waals surface area contributed by atoms with Crippen LogP contribution < -0.4 is 14.8 Å². The van der Waals surface area contributed by atoms with Crippen LogP contribution >= 0.6 is 0 Å². The van der Waals surface area contributed by atoms with Gasteiger partial charge in [0.1, 0.15) is 32.7 Å². The number of quaternary nitrogens is 2. The van der Waals surface area contributed by atoms with E-state index in [1.54, 1.807) is 4.90 Å². The SMILES string of the molecule is CC1CCC([NH+]2CC[NH+](Cc3cc[nH+]cc3)CC2)CC1. The van der Waals surface area contributed by atoms with E-state index >= 15 is 0 Å². The highest BCUT2D eigenvalue weighted by atomic mass is 15.3. The van der Waals surface area contributed by atoms with Gasteiger partial charge in [0.05, 0.1) is 6.04 Å². The Morgan fingerprint density at radius 3 is 2.30 bits per heavy atom. The van der Waals surface area contributed by atoms with E-state index in [0.717, 1.165) is 12.0 Å². The molecule has 3 heteroatoms. The molecule has 0 radical (unpaired) electrons. The molecule has 0 amide bonds. The zero-order chi connectivity index (χ0) is 13.8. The Morgan fingerprint density at radius 2 is 1.65 bits per heavy atom. The van der Waals surface area contributed by atoms with E-state index < -0.39 is 0 Å². The number of nitrogens with one attached hydrogen (secondary N) is 3. The molecule has 20 heavy (non-hydrogen) atoms. The lowest BCUT2D eigenvalue weighted by Crippen LogP contribution is -3.29. The van der Waals surface area contributed by atoms with Crippen molar-refractivity contribution >= 4 is 0 Å². The second kappa shape index (κ2) is 6.68. The Morgan fingerprint density at radius 1 is 1.00 bits per heavy atom. The van der Waals surface area contributed by atoms with Crippen molar-refractivity contribution in [2.24, 2.45) is 5.92 Å². The third kappa shape index (κ3) is 3.58. The first-order chi connectivity index (χ1) is 9.81. The molecule has 1 aromatic rings. The van der Waals surface area contributed by atoms with Crippen LogP contribution in [0.4, 0.5) is 0 Å². The van der Waals surface area contributed by atoms with Crippen molar-refractivity contribution in [1.82, 2.24) is 0 Å². The first-order valence-corrected chi connectivity index (χ1v) is 8.44. The normalized spacial score (nSPS) is 34.9. The summed E-state index contributed by atoms with van der Waals surface area (Å²) in [6.07, 6.45) is 9.95. The predicted octanol–water partition coefficient (Wildman–Crippen LogP) is -0.637. The molecule has 0 aromatic carbocycles. The molecular weight excluding hydrogens is 246 g/mol. The molecule has 2 fully saturated rings. The topological polar surface area (TPSA) is 23.0 Å². The summed E-state index contributed by atoms with van der Waals surface area (Å²) in [5.74, 6) is 0.979. The van der Waals surface area contributed by atoms with Gasteiger partial charge in [-0.15, -0.1) is 0 Å². The van der Waals surface area contributed by atoms with Crippen LogP contribution in [0.3, 0.4) is 0 Å². The van der Waals surface area contributed by atoms with E-state index in [0.29, 0.717) is 0 Å². The summed E-state index contributed by atoms with van der Waals surface area (Å²) in [4.78, 5) is 6.78. The maximum Gasteiger partial charge on any atom is 0.167 e. The van der Waals surface area contributed by atoms with E-state index in [1.807, 2.05) is 17.3 Å². The van der Waals surface area contributed by atoms with Gasteiger partial charge >= 0.3 is 0 Å². The molecule has 1 aliphatic carbocycles. The van der Waals surface area contributed by atoms with Crippen molar-refractivity contribution in [2.75, 3.05) is 26.2 Å². The second-order valence-corrected chi connectivity index (χ2v) is 6.95. The molecule has 0 atom stereocenters. The Kier molecular flexibility index (Phi) is 4.69. The van der Waals surface area contributed by atoms with E-state index in [9.17, 15) is 0 Å². The van der Waals surface area contributed by atoms with Crippen molar-refractivity contribution in [3.8, 4) is 0 Å². The summed E-state index contributed by atoms with van der Waals surface area (Å²) in [7, 11) is 0. The van der Waals surface area contributed by atoms with E-state index in [4.69, 9.17) is 0 Å². The van der Waals surface area contributed by atoms with Crippen LogP contribution in [0.25, 0.3) is 0 Å². The lowest BCUT2D eigenvalue weighted by atomic mass is 9.86. The smallest absolute Gasteiger partial charge is 0.167 e. The van der Waals surface area contributed by atoms with Gasteiger partial charge in [0, 0.05) is 17.7 Å². The summed E-state index contributed by atoms with van der Waals surface area (Å²) in [5, 5.41) is 0. The highest BCUT2D eigenvalue weighted by molar-refractivity contribution is 5.04. The lowest BCUT2D eigenvalue weighted by Gasteiger charge is -2.37. The fraction of sp³-hybridized carbons (Fsp3) is 0.706. The van der Waals surface area contributed by atoms with Gasteiger partial charge in [0.15, 0.2) is 12.4 Å². The second-order valence-electron chi connectivity index (χ2n) is 6.95. The number of pyridine rings is 1. The van der Waals surface area contributed by atoms with Crippen molar-refractivity contribution in [3.63, 3.8) is 0 Å². The fourth-order valence-corrected chi connectivity index (χ4v) is 4.01. The van der Waals surface area contributed by atoms with Crippen LogP contribution in [0.2, 0.25) is 0 Å². The number of aromatic nitrogens is 1. The van der Waals surface area contributed by atoms with Gasteiger partial charge in [0.2, 0.25) is 0 Å². The fourth-order valence-electron chi connectivity index (χ4n) is 4.01. The summed E-state index contributed by atoms with van der Waals surface area (Å²) in [6, 6.07) is 5.41. The summed E-state index contributed by atoms with van der Waals surface area (Å²) >= 11 is 0. The van der Waals surface area contributed by atoms with Crippen LogP contribution in [0.15, 0.2) is 24.5 Å². The molecule has 1 aromatic heterocycles. The number of rotatable bonds is 3. The van der Waals surface area contributed by atoms with Gasteiger partial charge in [-0.3, -0.25) is 0 Å². The van der Waals surface area contributed by atoms with Crippen LogP contribution in [0.5, 0.6) is 0 Å². The molecule has 3 rings (SSSR count). The Hall–Kier alpha value is -0.930. The minimum atomic E-state index is 0.971. The molecule has 110 valence electrons. The third-order valence-corrected chi connectivity index (χ3v) is 5.43. The van der Waals surface area contributed by atoms with Crippen molar-refractivity contribution in [3.05, 3.63) is 30.1 Å². The first-order valence-electron chi connectivity index (χ1n) is 8.44. The standard InChI is InChI=1S/C17H27N3/c1-15-2-4-17(5-3-15)20-12-10-19(11-13-20)14-16-6-8-18-9-7-16/h6-9,15,17H,2-5,10-14H2,1H3/p+3. The summed E-state index contributed by atoms with van der Waals surface area (Å²) < 4.78 is 0. The third-order valence-electron chi connectivity index (χ3n) is 5.43. The minimum Gasteiger partial charge on any atom is -0.323 e. The molecule has 0 bridgehead atoms. The minimum absolute atomic E-state index is 0.971. The van der Waals surface area contributed by atoms with Crippen LogP contribution in [-0.4, -0.2) is 32.2 Å². The molecule has 1 aliphatic heterocycles. The zero-order valence-electron chi connectivity index (χ0n) is 12.8. The molecule has 0 spiro atoms. The molecule has 2 aliphatic rings. The quantitative estimate of drug-likeness (QED) is 0.734. The van der Waals surface area contributed by atoms with Gasteiger partial charge in [-0.25, -0.2) is 4.98 Å². The zero-order valence-corrected chi connectivity index (χ0v) is 12.8. The monoisotopic (exact) mass is 276 g/mol. The van der Waals surface area contributed by atoms with E-state index in [1.165, 1.54) is 64.0 Å². The van der Waals surface area contributed by atoms with Gasteiger partial charge < -0.3 is 9.80 Å². The average Bonchev–Trinajstić information content (AvgIpc) is 2.50. The van der Waals surface area contributed by atoms with Gasteiger partial charge in [-0.1, -0.05) is 6.92 Å². The van der Waals surface area contributed by atoms with Crippen LogP contribution in [0, 0.1) is 5.92 Å². The highest BCUT2D eigenvalue weighted by Gasteiger charge is 2.31. The maximum absolute atomic E-state index is 3.11. The Labute approximate surface area is 123 Å². The predicted molar refractivity (Wildman–Crippen MR) is 79.5 cm³/mol. The molecule has 0 unspecified atom stereocenters. The number of hydrogen-bond acceptors (Lipinski definition) is 0. The first kappa shape index (κ1) is 14.0. The molecule has 3 N–H and O–H groups in total. The number of aromatic amines is 1. The Balaban J connectivity index is 1.45. The molecule has 1 saturated heterocycles. The number of hydrogen-bond donors (Lipinski definition) is 2. The number of piperazine rings is 1. The van der Waals surface area contributed by atoms with Crippen molar-refractivity contribution in [2.45, 2.75) is 45.2 Å².